The Morgan fingerprint density at radius 3 is 2.21 bits per heavy atom. The first-order chi connectivity index (χ1) is 23.8. The molecule has 52 heavy (non-hydrogen) atoms. The van der Waals surface area contributed by atoms with Crippen LogP contribution in [0.4, 0.5) is 13.6 Å². The Balaban J connectivity index is 1.54. The topological polar surface area (TPSA) is 157 Å². The van der Waals surface area contributed by atoms with Crippen LogP contribution < -0.4 is 21.3 Å². The van der Waals surface area contributed by atoms with E-state index in [-0.39, 0.29) is 36.4 Å². The number of aryl methyl sites for hydroxylation is 1. The number of nitrogens with zero attached hydrogens (tertiary/aromatic N) is 2. The Morgan fingerprint density at radius 1 is 1.00 bits per heavy atom. The zero-order valence-electron chi connectivity index (χ0n) is 32.2. The Labute approximate surface area is 307 Å². The molecule has 5 amide bonds. The molecule has 0 spiro atoms. The molecule has 15 heteroatoms. The van der Waals surface area contributed by atoms with Crippen LogP contribution in [-0.2, 0) is 30.8 Å². The van der Waals surface area contributed by atoms with Crippen LogP contribution in [0.15, 0.2) is 24.3 Å². The van der Waals surface area contributed by atoms with E-state index in [1.54, 1.807) is 20.8 Å². The molecule has 1 saturated carbocycles. The molecule has 2 fully saturated rings. The third-order valence-corrected chi connectivity index (χ3v) is 12.5. The number of benzene rings is 1. The molecule has 1 unspecified atom stereocenters. The van der Waals surface area contributed by atoms with Crippen LogP contribution in [0.3, 0.4) is 0 Å². The number of piperidine rings is 1. The van der Waals surface area contributed by atoms with Crippen molar-refractivity contribution >= 4 is 33.8 Å². The highest BCUT2D eigenvalue weighted by Gasteiger charge is 2.70. The quantitative estimate of drug-likeness (QED) is 0.255. The SMILES string of the molecule is CN(C[C@@H](NC(=O)N[C@H](C(=O)N1C[C@H]2[C@@H]([C@H]1C(=O)N[C@@H](CC(F)F)C(=O)NC1CCCc3ccccc31)C2(C)C)C(C)(C)C)C(C)(C)C)S(C)(=O)=O. The standard InChI is InChI=1S/C37H58F2N6O6S/c1-35(2,3)26(20-44(9)52(10,50)51)42-34(49)43-30(36(4,5)6)33(48)45-19-23-28(37(23,7)8)29(45)32(47)41-25(18-27(38)39)31(46)40-24-17-13-15-21-14-11-12-16-22(21)24/h11-12,14,16,23-30H,13,15,17-20H2,1-10H3,(H,40,46)(H,41,47)(H2,42,43,49)/t23-,24?,25-,26+,28-,29-,30+/m0/s1. The second kappa shape index (κ2) is 15.2. The van der Waals surface area contributed by atoms with Gasteiger partial charge in [0.1, 0.15) is 18.1 Å². The molecule has 0 radical (unpaired) electrons. The highest BCUT2D eigenvalue weighted by atomic mass is 32.2. The summed E-state index contributed by atoms with van der Waals surface area (Å²) in [6.45, 7) is 15.1. The maximum absolute atomic E-state index is 14.4. The number of nitrogens with one attached hydrogen (secondary N) is 4. The molecule has 1 aromatic rings. The molecular weight excluding hydrogens is 695 g/mol. The summed E-state index contributed by atoms with van der Waals surface area (Å²) in [4.78, 5) is 57.0. The molecule has 1 heterocycles. The highest BCUT2D eigenvalue weighted by molar-refractivity contribution is 7.88. The van der Waals surface area contributed by atoms with Crippen molar-refractivity contribution in [1.82, 2.24) is 30.5 Å². The minimum Gasteiger partial charge on any atom is -0.348 e. The molecule has 292 valence electrons. The summed E-state index contributed by atoms with van der Waals surface area (Å²) in [5, 5.41) is 11.1. The highest BCUT2D eigenvalue weighted by Crippen LogP contribution is 2.65. The maximum Gasteiger partial charge on any atom is 0.315 e. The molecule has 7 atom stereocenters. The van der Waals surface area contributed by atoms with Crippen LogP contribution in [0.5, 0.6) is 0 Å². The number of urea groups is 1. The van der Waals surface area contributed by atoms with Crippen LogP contribution in [0.1, 0.15) is 91.8 Å². The van der Waals surface area contributed by atoms with E-state index >= 15 is 0 Å². The zero-order chi connectivity index (χ0) is 39.1. The number of hydrogen-bond acceptors (Lipinski definition) is 6. The summed E-state index contributed by atoms with van der Waals surface area (Å²) in [5.41, 5.74) is 0.331. The molecule has 4 rings (SSSR count). The van der Waals surface area contributed by atoms with Crippen molar-refractivity contribution in [2.75, 3.05) is 26.4 Å². The van der Waals surface area contributed by atoms with Gasteiger partial charge in [-0.15, -0.1) is 0 Å². The lowest BCUT2D eigenvalue weighted by atomic mass is 9.85. The Hall–Kier alpha value is -3.33. The number of carbonyl (C=O) groups is 4. The molecule has 0 bridgehead atoms. The van der Waals surface area contributed by atoms with Crippen molar-refractivity contribution in [1.29, 1.82) is 0 Å². The lowest BCUT2D eigenvalue weighted by molar-refractivity contribution is -0.144. The van der Waals surface area contributed by atoms with E-state index in [9.17, 15) is 36.4 Å². The van der Waals surface area contributed by atoms with Crippen molar-refractivity contribution in [3.05, 3.63) is 35.4 Å². The van der Waals surface area contributed by atoms with Gasteiger partial charge >= 0.3 is 6.03 Å². The van der Waals surface area contributed by atoms with E-state index in [4.69, 9.17) is 0 Å². The molecule has 12 nitrogen and oxygen atoms in total. The van der Waals surface area contributed by atoms with Crippen LogP contribution in [0.25, 0.3) is 0 Å². The zero-order valence-corrected chi connectivity index (χ0v) is 33.0. The van der Waals surface area contributed by atoms with Crippen molar-refractivity contribution < 1.29 is 36.4 Å². The summed E-state index contributed by atoms with van der Waals surface area (Å²) < 4.78 is 53.2. The number of carbonyl (C=O) groups excluding carboxylic acids is 4. The molecular formula is C37H58F2N6O6S. The number of fused-ring (bicyclic) bond motifs is 2. The predicted molar refractivity (Wildman–Crippen MR) is 195 cm³/mol. The second-order valence-corrected chi connectivity index (χ2v) is 19.7. The summed E-state index contributed by atoms with van der Waals surface area (Å²) in [6.07, 6.45) is -0.370. The van der Waals surface area contributed by atoms with Gasteiger partial charge < -0.3 is 26.2 Å². The van der Waals surface area contributed by atoms with Gasteiger partial charge in [-0.3, -0.25) is 14.4 Å². The minimum absolute atomic E-state index is 0.00266. The number of hydrogen-bond donors (Lipinski definition) is 4. The predicted octanol–water partition coefficient (Wildman–Crippen LogP) is 3.82. The van der Waals surface area contributed by atoms with Crippen LogP contribution >= 0.6 is 0 Å². The summed E-state index contributed by atoms with van der Waals surface area (Å²) in [6, 6.07) is 2.32. The van der Waals surface area contributed by atoms with E-state index in [0.29, 0.717) is 6.42 Å². The molecule has 1 saturated heterocycles. The van der Waals surface area contributed by atoms with Gasteiger partial charge in [-0.2, -0.15) is 0 Å². The van der Waals surface area contributed by atoms with Gasteiger partial charge in [-0.05, 0) is 58.5 Å². The summed E-state index contributed by atoms with van der Waals surface area (Å²) in [7, 11) is -2.11. The molecule has 0 aromatic heterocycles. The first-order valence-electron chi connectivity index (χ1n) is 18.1. The molecule has 1 aliphatic heterocycles. The number of amides is 5. The number of likely N-dealkylation sites (tertiary alicyclic amines) is 1. The first-order valence-corrected chi connectivity index (χ1v) is 19.9. The number of rotatable bonds is 12. The van der Waals surface area contributed by atoms with E-state index in [2.05, 4.69) is 21.3 Å². The summed E-state index contributed by atoms with van der Waals surface area (Å²) in [5.74, 6) is -2.23. The lowest BCUT2D eigenvalue weighted by Crippen LogP contribution is -2.62. The Morgan fingerprint density at radius 2 is 1.63 bits per heavy atom. The average molecular weight is 753 g/mol. The van der Waals surface area contributed by atoms with Gasteiger partial charge in [0.25, 0.3) is 0 Å². The maximum atomic E-state index is 14.4. The van der Waals surface area contributed by atoms with E-state index in [0.717, 1.165) is 34.5 Å². The van der Waals surface area contributed by atoms with Crippen LogP contribution in [0, 0.1) is 28.1 Å². The molecule has 3 aliphatic rings. The van der Waals surface area contributed by atoms with Crippen LogP contribution in [-0.4, -0.2) is 98.4 Å². The summed E-state index contributed by atoms with van der Waals surface area (Å²) >= 11 is 0. The minimum atomic E-state index is -3.53. The monoisotopic (exact) mass is 752 g/mol. The first kappa shape index (κ1) is 41.4. The Kier molecular flexibility index (Phi) is 12.1. The number of alkyl halides is 2. The average Bonchev–Trinajstić information content (AvgIpc) is 3.32. The van der Waals surface area contributed by atoms with Gasteiger partial charge in [0.15, 0.2) is 0 Å². The number of likely N-dealkylation sites (N-methyl/N-ethyl adjacent to an activating group) is 1. The number of halogens is 2. The Bertz CT molecular complexity index is 1620. The van der Waals surface area contributed by atoms with E-state index < -0.39 is 81.6 Å². The smallest absolute Gasteiger partial charge is 0.315 e. The fourth-order valence-corrected chi connectivity index (χ4v) is 8.15. The fraction of sp³-hybridized carbons (Fsp3) is 0.730. The van der Waals surface area contributed by atoms with Crippen molar-refractivity contribution in [2.45, 2.75) is 118 Å². The molecule has 4 N–H and O–H groups in total. The molecule has 1 aromatic carbocycles. The van der Waals surface area contributed by atoms with Gasteiger partial charge in [-0.1, -0.05) is 79.7 Å². The molecule has 2 aliphatic carbocycles. The lowest BCUT2D eigenvalue weighted by Gasteiger charge is -2.39. The third kappa shape index (κ3) is 9.42. The van der Waals surface area contributed by atoms with E-state index in [1.807, 2.05) is 58.9 Å². The van der Waals surface area contributed by atoms with Gasteiger partial charge in [-0.25, -0.2) is 26.3 Å². The second-order valence-electron chi connectivity index (χ2n) is 17.6. The van der Waals surface area contributed by atoms with E-state index in [1.165, 1.54) is 11.9 Å². The number of sulfonamides is 1. The van der Waals surface area contributed by atoms with Crippen LogP contribution in [0.2, 0.25) is 0 Å². The fourth-order valence-electron chi connectivity index (χ4n) is 7.73. The van der Waals surface area contributed by atoms with Crippen molar-refractivity contribution in [2.24, 2.45) is 28.1 Å². The van der Waals surface area contributed by atoms with Gasteiger partial charge in [0.05, 0.1) is 12.3 Å². The normalized spacial score (nSPS) is 24.3. The largest absolute Gasteiger partial charge is 0.348 e. The van der Waals surface area contributed by atoms with Gasteiger partial charge in [0.2, 0.25) is 34.2 Å². The van der Waals surface area contributed by atoms with Crippen molar-refractivity contribution in [3.63, 3.8) is 0 Å². The third-order valence-electron chi connectivity index (χ3n) is 11.2. The van der Waals surface area contributed by atoms with Crippen molar-refractivity contribution in [3.8, 4) is 0 Å². The van der Waals surface area contributed by atoms with Gasteiger partial charge in [0, 0.05) is 32.6 Å².